The van der Waals surface area contributed by atoms with E-state index in [1.165, 1.54) is 12.6 Å². The highest BCUT2D eigenvalue weighted by Crippen LogP contribution is 2.18. The Morgan fingerprint density at radius 2 is 0.663 bits per heavy atom. The molecule has 0 fully saturated rings. The molecule has 0 aliphatic heterocycles. The van der Waals surface area contributed by atoms with E-state index in [1.807, 2.05) is 48.5 Å². The lowest BCUT2D eigenvalue weighted by Gasteiger charge is -2.25. The van der Waals surface area contributed by atoms with Gasteiger partial charge in [0.25, 0.3) is 0 Å². The van der Waals surface area contributed by atoms with Crippen molar-refractivity contribution >= 4 is 71.8 Å². The second kappa shape index (κ2) is 48.6. The van der Waals surface area contributed by atoms with Crippen LogP contribution >= 0.6 is 0 Å². The first-order valence-corrected chi connectivity index (χ1v) is 34.7. The lowest BCUT2D eigenvalue weighted by molar-refractivity contribution is -0.160. The number of hydrogen-bond donors (Lipinski definition) is 9. The minimum atomic E-state index is -1.04. The van der Waals surface area contributed by atoms with Gasteiger partial charge in [-0.2, -0.15) is 0 Å². The second-order valence-corrected chi connectivity index (χ2v) is 31.3. The number of aliphatic carboxylic acids is 3. The number of rotatable bonds is 31. The largest absolute Gasteiger partial charge is 0.481 e. The number of carboxylic acid groups (broad SMARTS) is 3. The normalized spacial score (nSPS) is 13.2. The Hall–Kier alpha value is -8.44. The number of urea groups is 2. The molecule has 0 radical (unpaired) electrons. The number of hydrogen-bond acceptors (Lipinski definition) is 22. The van der Waals surface area contributed by atoms with Crippen LogP contribution in [-0.2, 0) is 99.1 Å². The number of ether oxygens (including phenoxy) is 8. The summed E-state index contributed by atoms with van der Waals surface area (Å²) in [5, 5.41) is 38.2. The van der Waals surface area contributed by atoms with Crippen molar-refractivity contribution in [1.29, 1.82) is 0 Å². The highest BCUT2D eigenvalue weighted by Gasteiger charge is 2.32. The summed E-state index contributed by atoms with van der Waals surface area (Å²) in [6.07, 6.45) is 0.866. The van der Waals surface area contributed by atoms with Crippen molar-refractivity contribution < 1.29 is 111 Å². The van der Waals surface area contributed by atoms with Crippen molar-refractivity contribution in [3.63, 3.8) is 0 Å². The molecule has 10 N–H and O–H groups in total. The van der Waals surface area contributed by atoms with Crippen LogP contribution in [0.4, 0.5) is 9.59 Å². The summed E-state index contributed by atoms with van der Waals surface area (Å²) >= 11 is 0. The molecule has 0 spiro atoms. The van der Waals surface area contributed by atoms with Crippen LogP contribution in [0, 0.1) is 0 Å². The van der Waals surface area contributed by atoms with Crippen LogP contribution in [0.15, 0.2) is 60.7 Å². The summed E-state index contributed by atoms with van der Waals surface area (Å²) in [6, 6.07) is 13.9. The van der Waals surface area contributed by atoms with Crippen LogP contribution in [0.2, 0.25) is 0 Å². The SMILES string of the molecule is CC(C)(C)OC(=O)CC[C@H](N)C(=O)OC(C)(C)C.CC(C)(C)OCc1ccccc1.CN[C@@H](CCC(=O)O)C(=O)O.C[C@H](CCC(=O)O)NC(=O)N[C@@H](CCC(=O)OC(C)(C)C)C(=O)OC(C)(C)C.C[C@H](CCC(=O)OCc1ccccc1)NC(=O)N[C@@H](CCC(=O)OC(C)(C)C)C(=O)OC(C)(C)C. The number of carbonyl (C=O) groups excluding carboxylic acids is 9. The summed E-state index contributed by atoms with van der Waals surface area (Å²) in [7, 11) is 1.49. The number of benzene rings is 2. The van der Waals surface area contributed by atoms with E-state index in [-0.39, 0.29) is 101 Å². The molecule has 0 saturated heterocycles. The van der Waals surface area contributed by atoms with E-state index in [9.17, 15) is 57.5 Å². The molecule has 0 aliphatic rings. The first-order chi connectivity index (χ1) is 47.3. The maximum absolute atomic E-state index is 12.6. The van der Waals surface area contributed by atoms with Crippen LogP contribution in [0.5, 0.6) is 0 Å². The standard InChI is InChI=1S/C26H40N2O7.C19H34N2O7.C13H25NO4.C11H16O.C6H11NO4/c1-18(13-15-21(29)33-17-19-11-9-8-10-12-19)27-24(32)28-20(23(31)35-26(5,6)7)14-16-22(30)34-25(2,3)4;1-12(8-10-14(22)23)20-17(26)21-13(16(25)28-19(5,6)7)9-11-15(24)27-18(2,3)4;1-12(2,3)17-10(15)8-7-9(14)11(16)18-13(4,5)6;1-11(2,3)12-9-10-7-5-4-6-8-10;1-7-4(6(10)11)2-3-5(8)9/h8-12,18,20H,13-17H2,1-7H3,(H2,27,28,32);12-13H,8-11H2,1-7H3,(H,22,23)(H2,20,21,26);9H,7-8,14H2,1-6H3;4-8H,9H2,1-3H3;4,7H,2-3H2,1H3,(H,8,9)(H,10,11)/t18-,20+;12-,13+;9-;;4-/m110.0/s1. The van der Waals surface area contributed by atoms with Crippen molar-refractivity contribution in [1.82, 2.24) is 26.6 Å². The number of carboxylic acids is 3. The number of carbonyl (C=O) groups is 12. The highest BCUT2D eigenvalue weighted by molar-refractivity contribution is 5.86. The number of nitrogens with two attached hydrogens (primary N) is 1. The maximum atomic E-state index is 12.6. The molecular formula is C75H126N6O23. The molecule has 2 aromatic rings. The monoisotopic (exact) mass is 1480 g/mol. The molecule has 2 aromatic carbocycles. The maximum Gasteiger partial charge on any atom is 0.329 e. The van der Waals surface area contributed by atoms with E-state index in [2.05, 4.69) is 59.5 Å². The molecule has 0 bridgehead atoms. The van der Waals surface area contributed by atoms with Crippen LogP contribution in [-0.4, -0.2) is 170 Å². The van der Waals surface area contributed by atoms with Gasteiger partial charge in [0.05, 0.1) is 12.2 Å². The van der Waals surface area contributed by atoms with Gasteiger partial charge >= 0.3 is 71.8 Å². The fraction of sp³-hybridized carbons (Fsp3) is 0.680. The van der Waals surface area contributed by atoms with Crippen LogP contribution < -0.4 is 32.3 Å². The average molecular weight is 1480 g/mol. The van der Waals surface area contributed by atoms with E-state index < -0.39 is 124 Å². The van der Waals surface area contributed by atoms with E-state index in [1.54, 1.807) is 138 Å². The van der Waals surface area contributed by atoms with Crippen molar-refractivity contribution in [2.24, 2.45) is 5.73 Å². The van der Waals surface area contributed by atoms with Gasteiger partial charge in [0.1, 0.15) is 64.4 Å². The van der Waals surface area contributed by atoms with Crippen molar-refractivity contribution in [2.45, 2.75) is 325 Å². The molecule has 0 heterocycles. The molecule has 104 heavy (non-hydrogen) atoms. The molecule has 0 saturated carbocycles. The van der Waals surface area contributed by atoms with Gasteiger partial charge in [0.2, 0.25) is 0 Å². The zero-order valence-corrected chi connectivity index (χ0v) is 66.2. The Bertz CT molecular complexity index is 2930. The molecule has 594 valence electrons. The number of likely N-dealkylation sites (N-methyl/N-ethyl adjacent to an activating group) is 1. The molecule has 0 unspecified atom stereocenters. The van der Waals surface area contributed by atoms with Gasteiger partial charge in [-0.15, -0.1) is 0 Å². The number of amides is 4. The van der Waals surface area contributed by atoms with Gasteiger partial charge in [0, 0.05) is 50.6 Å². The third-order valence-electron chi connectivity index (χ3n) is 12.3. The Kier molecular flexibility index (Phi) is 46.6. The van der Waals surface area contributed by atoms with Gasteiger partial charge in [0.15, 0.2) is 0 Å². The lowest BCUT2D eigenvalue weighted by atomic mass is 10.1. The predicted octanol–water partition coefficient (Wildman–Crippen LogP) is 10.7. The molecule has 4 amide bonds. The van der Waals surface area contributed by atoms with Crippen molar-refractivity contribution in [3.05, 3.63) is 71.8 Å². The molecule has 0 aliphatic carbocycles. The van der Waals surface area contributed by atoms with Crippen LogP contribution in [0.1, 0.15) is 247 Å². The Morgan fingerprint density at radius 3 is 0.981 bits per heavy atom. The highest BCUT2D eigenvalue weighted by atomic mass is 16.6. The smallest absolute Gasteiger partial charge is 0.329 e. The van der Waals surface area contributed by atoms with Crippen molar-refractivity contribution in [3.8, 4) is 0 Å². The molecule has 6 atom stereocenters. The van der Waals surface area contributed by atoms with E-state index in [4.69, 9.17) is 58.9 Å². The Morgan fingerprint density at radius 1 is 0.365 bits per heavy atom. The second-order valence-electron chi connectivity index (χ2n) is 31.3. The van der Waals surface area contributed by atoms with Gasteiger partial charge in [-0.3, -0.25) is 38.4 Å². The summed E-state index contributed by atoms with van der Waals surface area (Å²) in [6.45, 7) is 41.9. The molecule has 29 heteroatoms. The zero-order valence-electron chi connectivity index (χ0n) is 66.2. The van der Waals surface area contributed by atoms with E-state index in [0.717, 1.165) is 5.56 Å². The minimum absolute atomic E-state index is 0.0146. The topological polar surface area (TPSA) is 426 Å². The average Bonchev–Trinajstić information content (AvgIpc) is 0.886. The Labute approximate surface area is 616 Å². The molecule has 0 aromatic heterocycles. The fourth-order valence-electron chi connectivity index (χ4n) is 7.72. The number of esters is 7. The van der Waals surface area contributed by atoms with Gasteiger partial charge in [-0.05, 0) is 216 Å². The number of nitrogens with one attached hydrogen (secondary N) is 5. The fourth-order valence-corrected chi connectivity index (χ4v) is 7.72. The van der Waals surface area contributed by atoms with Gasteiger partial charge in [-0.1, -0.05) is 60.7 Å². The van der Waals surface area contributed by atoms with Crippen LogP contribution in [0.3, 0.4) is 0 Å². The van der Waals surface area contributed by atoms with Crippen LogP contribution in [0.25, 0.3) is 0 Å². The third-order valence-corrected chi connectivity index (χ3v) is 12.3. The Balaban J connectivity index is -0.00000131. The first kappa shape index (κ1) is 99.7. The molecule has 2 rings (SSSR count). The van der Waals surface area contributed by atoms with E-state index in [0.29, 0.717) is 13.0 Å². The van der Waals surface area contributed by atoms with E-state index >= 15 is 0 Å². The first-order valence-electron chi connectivity index (χ1n) is 34.7. The summed E-state index contributed by atoms with van der Waals surface area (Å²) in [4.78, 5) is 140. The summed E-state index contributed by atoms with van der Waals surface area (Å²) in [5.74, 6) is -6.45. The predicted molar refractivity (Wildman–Crippen MR) is 391 cm³/mol. The minimum Gasteiger partial charge on any atom is -0.481 e. The molecular weight excluding hydrogens is 1350 g/mol. The molecule has 29 nitrogen and oxygen atoms in total. The lowest BCUT2D eigenvalue weighted by Crippen LogP contribution is -2.50. The third kappa shape index (κ3) is 63.3. The summed E-state index contributed by atoms with van der Waals surface area (Å²) < 4.78 is 42.3. The van der Waals surface area contributed by atoms with Gasteiger partial charge < -0.3 is 85.5 Å². The van der Waals surface area contributed by atoms with Gasteiger partial charge in [-0.25, -0.2) is 19.2 Å². The quantitative estimate of drug-likeness (QED) is 0.0250. The summed E-state index contributed by atoms with van der Waals surface area (Å²) in [5.41, 5.74) is 3.83. The van der Waals surface area contributed by atoms with Crippen molar-refractivity contribution in [2.75, 3.05) is 7.05 Å². The zero-order chi connectivity index (χ0) is 81.2.